The number of anilines is 1. The van der Waals surface area contributed by atoms with Gasteiger partial charge in [-0.25, -0.2) is 0 Å². The Morgan fingerprint density at radius 3 is 2.79 bits per heavy atom. The third kappa shape index (κ3) is 3.07. The minimum absolute atomic E-state index is 0.0604. The second kappa shape index (κ2) is 5.61. The van der Waals surface area contributed by atoms with Crippen LogP contribution in [-0.2, 0) is 11.2 Å². The van der Waals surface area contributed by atoms with Crippen molar-refractivity contribution in [1.29, 1.82) is 0 Å². The van der Waals surface area contributed by atoms with Gasteiger partial charge in [-0.05, 0) is 37.0 Å². The zero-order valence-corrected chi connectivity index (χ0v) is 11.7. The third-order valence-electron chi connectivity index (χ3n) is 3.82. The Morgan fingerprint density at radius 2 is 2.16 bits per heavy atom. The number of rotatable bonds is 4. The number of nitrogens with zero attached hydrogens (tertiary/aromatic N) is 1. The molecule has 1 amide bonds. The molecule has 2 atom stereocenters. The number of carbonyl (C=O) groups excluding carboxylic acids is 1. The van der Waals surface area contributed by atoms with Gasteiger partial charge in [0.1, 0.15) is 0 Å². The molecule has 4 heteroatoms. The molecule has 0 spiro atoms. The summed E-state index contributed by atoms with van der Waals surface area (Å²) in [5, 5.41) is 0. The molecule has 0 saturated heterocycles. The van der Waals surface area contributed by atoms with E-state index in [2.05, 4.69) is 23.1 Å². The molecule has 1 aromatic carbocycles. The Kier molecular flexibility index (Phi) is 4.10. The van der Waals surface area contributed by atoms with Crippen LogP contribution in [0.5, 0.6) is 0 Å². The molecule has 0 bridgehead atoms. The third-order valence-corrected chi connectivity index (χ3v) is 3.82. The average Bonchev–Trinajstić information content (AvgIpc) is 2.38. The molecular weight excluding hydrogens is 238 g/mol. The summed E-state index contributed by atoms with van der Waals surface area (Å²) in [6.45, 7) is 5.56. The number of benzene rings is 1. The first-order valence-electron chi connectivity index (χ1n) is 6.91. The van der Waals surface area contributed by atoms with Gasteiger partial charge in [-0.15, -0.1) is 0 Å². The van der Waals surface area contributed by atoms with Crippen molar-refractivity contribution in [2.24, 2.45) is 17.4 Å². The maximum absolute atomic E-state index is 11.2. The van der Waals surface area contributed by atoms with Crippen LogP contribution in [0.15, 0.2) is 18.2 Å². The fraction of sp³-hybridized carbons (Fsp3) is 0.533. The maximum atomic E-state index is 11.2. The van der Waals surface area contributed by atoms with Gasteiger partial charge in [0.05, 0.1) is 5.92 Å². The second-order valence-electron chi connectivity index (χ2n) is 5.53. The monoisotopic (exact) mass is 261 g/mol. The molecule has 0 saturated carbocycles. The fourth-order valence-corrected chi connectivity index (χ4v) is 2.59. The number of nitrogens with two attached hydrogens (primary N) is 2. The average molecular weight is 261 g/mol. The number of amides is 1. The molecule has 1 aliphatic rings. The minimum atomic E-state index is -0.237. The summed E-state index contributed by atoms with van der Waals surface area (Å²) in [6, 6.07) is 6.46. The van der Waals surface area contributed by atoms with Crippen molar-refractivity contribution >= 4 is 11.6 Å². The van der Waals surface area contributed by atoms with E-state index in [0.29, 0.717) is 6.54 Å². The Morgan fingerprint density at radius 1 is 1.42 bits per heavy atom. The molecule has 2 unspecified atom stereocenters. The first-order chi connectivity index (χ1) is 8.99. The molecule has 104 valence electrons. The summed E-state index contributed by atoms with van der Waals surface area (Å²) in [4.78, 5) is 13.5. The molecule has 1 aromatic rings. The predicted molar refractivity (Wildman–Crippen MR) is 77.9 cm³/mol. The maximum Gasteiger partial charge on any atom is 0.222 e. The molecule has 0 fully saturated rings. The van der Waals surface area contributed by atoms with Gasteiger partial charge in [-0.1, -0.05) is 19.1 Å². The summed E-state index contributed by atoms with van der Waals surface area (Å²) in [7, 11) is 0. The number of carbonyl (C=O) groups is 1. The lowest BCUT2D eigenvalue weighted by Gasteiger charge is -2.33. The highest BCUT2D eigenvalue weighted by Crippen LogP contribution is 2.29. The van der Waals surface area contributed by atoms with Crippen molar-refractivity contribution in [1.82, 2.24) is 0 Å². The van der Waals surface area contributed by atoms with Gasteiger partial charge in [-0.3, -0.25) is 4.79 Å². The molecule has 4 nitrogen and oxygen atoms in total. The van der Waals surface area contributed by atoms with Crippen molar-refractivity contribution in [3.05, 3.63) is 29.3 Å². The van der Waals surface area contributed by atoms with Crippen LogP contribution in [0.25, 0.3) is 0 Å². The topological polar surface area (TPSA) is 72.3 Å². The highest BCUT2D eigenvalue weighted by atomic mass is 16.1. The Labute approximate surface area is 114 Å². The van der Waals surface area contributed by atoms with Crippen LogP contribution < -0.4 is 16.4 Å². The van der Waals surface area contributed by atoms with E-state index >= 15 is 0 Å². The fourth-order valence-electron chi connectivity index (χ4n) is 2.59. The van der Waals surface area contributed by atoms with Gasteiger partial charge in [0, 0.05) is 24.8 Å². The van der Waals surface area contributed by atoms with Crippen LogP contribution in [0.4, 0.5) is 5.69 Å². The summed E-state index contributed by atoms with van der Waals surface area (Å²) in [6.07, 6.45) is 2.19. The van der Waals surface area contributed by atoms with Gasteiger partial charge >= 0.3 is 0 Å². The van der Waals surface area contributed by atoms with Crippen LogP contribution in [0.2, 0.25) is 0 Å². The highest BCUT2D eigenvalue weighted by molar-refractivity contribution is 5.77. The van der Waals surface area contributed by atoms with Gasteiger partial charge in [0.25, 0.3) is 0 Å². The van der Waals surface area contributed by atoms with Gasteiger partial charge in [-0.2, -0.15) is 0 Å². The number of aryl methyl sites for hydroxylation is 1. The Bertz CT molecular complexity index is 470. The normalized spacial score (nSPS) is 17.7. The van der Waals surface area contributed by atoms with Gasteiger partial charge in [0.2, 0.25) is 5.91 Å². The minimum Gasteiger partial charge on any atom is -0.371 e. The molecule has 2 rings (SSSR count). The first-order valence-corrected chi connectivity index (χ1v) is 6.91. The summed E-state index contributed by atoms with van der Waals surface area (Å²) in [5.74, 6) is -0.363. The summed E-state index contributed by atoms with van der Waals surface area (Å²) >= 11 is 0. The second-order valence-corrected chi connectivity index (χ2v) is 5.53. The van der Waals surface area contributed by atoms with Crippen molar-refractivity contribution in [3.63, 3.8) is 0 Å². The number of hydrogen-bond acceptors (Lipinski definition) is 3. The lowest BCUT2D eigenvalue weighted by atomic mass is 9.96. The van der Waals surface area contributed by atoms with E-state index in [-0.39, 0.29) is 17.9 Å². The van der Waals surface area contributed by atoms with Crippen molar-refractivity contribution in [2.45, 2.75) is 32.7 Å². The van der Waals surface area contributed by atoms with Crippen LogP contribution in [-0.4, -0.2) is 19.0 Å². The smallest absolute Gasteiger partial charge is 0.222 e. The largest absolute Gasteiger partial charge is 0.371 e. The molecule has 0 aromatic heterocycles. The number of primary amides is 1. The quantitative estimate of drug-likeness (QED) is 0.864. The lowest BCUT2D eigenvalue weighted by molar-refractivity contribution is -0.121. The number of fused-ring (bicyclic) bond motifs is 1. The zero-order valence-electron chi connectivity index (χ0n) is 11.7. The van der Waals surface area contributed by atoms with Crippen LogP contribution in [0.3, 0.4) is 0 Å². The van der Waals surface area contributed by atoms with E-state index < -0.39 is 0 Å². The molecule has 1 aliphatic heterocycles. The highest BCUT2D eigenvalue weighted by Gasteiger charge is 2.21. The van der Waals surface area contributed by atoms with Crippen molar-refractivity contribution in [2.75, 3.05) is 18.0 Å². The van der Waals surface area contributed by atoms with E-state index in [1.54, 1.807) is 0 Å². The number of hydrogen-bond donors (Lipinski definition) is 2. The zero-order chi connectivity index (χ0) is 14.0. The summed E-state index contributed by atoms with van der Waals surface area (Å²) in [5.41, 5.74) is 15.0. The van der Waals surface area contributed by atoms with Crippen molar-refractivity contribution < 1.29 is 4.79 Å². The van der Waals surface area contributed by atoms with E-state index in [4.69, 9.17) is 11.5 Å². The molecule has 0 aliphatic carbocycles. The first kappa shape index (κ1) is 13.9. The lowest BCUT2D eigenvalue weighted by Crippen LogP contribution is -2.37. The molecule has 19 heavy (non-hydrogen) atoms. The van der Waals surface area contributed by atoms with Gasteiger partial charge in [0.15, 0.2) is 0 Å². The standard InChI is InChI=1S/C15H23N3O/c1-10(15(17)19)9-18-7-3-4-13-8-12(11(2)16)5-6-14(13)18/h5-6,8,10-11H,3-4,7,9,16H2,1-2H3,(H2,17,19). The van der Waals surface area contributed by atoms with E-state index in [9.17, 15) is 4.79 Å². The molecule has 0 radical (unpaired) electrons. The Balaban J connectivity index is 2.22. The van der Waals surface area contributed by atoms with E-state index in [1.807, 2.05) is 13.8 Å². The summed E-state index contributed by atoms with van der Waals surface area (Å²) < 4.78 is 0. The molecular formula is C15H23N3O. The van der Waals surface area contributed by atoms with Crippen LogP contribution in [0.1, 0.15) is 37.4 Å². The van der Waals surface area contributed by atoms with Crippen molar-refractivity contribution in [3.8, 4) is 0 Å². The predicted octanol–water partition coefficient (Wildman–Crippen LogP) is 1.58. The molecule has 1 heterocycles. The van der Waals surface area contributed by atoms with E-state index in [1.165, 1.54) is 16.8 Å². The van der Waals surface area contributed by atoms with Crippen LogP contribution in [0, 0.1) is 5.92 Å². The van der Waals surface area contributed by atoms with Crippen LogP contribution >= 0.6 is 0 Å². The van der Waals surface area contributed by atoms with E-state index in [0.717, 1.165) is 19.4 Å². The SMILES string of the molecule is CC(CN1CCCc2cc(C(C)N)ccc21)C(N)=O. The van der Waals surface area contributed by atoms with Gasteiger partial charge < -0.3 is 16.4 Å². The Hall–Kier alpha value is -1.55. The molecule has 4 N–H and O–H groups in total.